The Kier molecular flexibility index (Phi) is 5.87. The molecule has 1 fully saturated rings. The fraction of sp³-hybridized carbons (Fsp3) is 0.393. The number of hydrogen-bond donors (Lipinski definition) is 3. The standard InChI is InChI=1S/C28H32N4O3/c1-16(2)35-27(34)30-25(24-22-8-6-5-7-20(22)15-28(24)13-14-28)26(33)29-21-11-9-19(10-12-21)23-17(3)31-32-18(23)4/h5-12,16,24-25H,13-15H2,1-4H3,(H,29,33)(H,30,34)(H,31,32)/t24?,25-/m0/s1. The van der Waals surface area contributed by atoms with Crippen LogP contribution in [0, 0.1) is 19.3 Å². The Balaban J connectivity index is 1.41. The van der Waals surface area contributed by atoms with Crippen LogP contribution in [-0.2, 0) is 16.0 Å². The van der Waals surface area contributed by atoms with E-state index in [0.29, 0.717) is 5.69 Å². The second-order valence-corrected chi connectivity index (χ2v) is 10.2. The van der Waals surface area contributed by atoms with Crippen LogP contribution in [0.5, 0.6) is 0 Å². The Bertz CT molecular complexity index is 1240. The first-order valence-electron chi connectivity index (χ1n) is 12.3. The molecule has 3 N–H and O–H groups in total. The van der Waals surface area contributed by atoms with Crippen LogP contribution in [0.25, 0.3) is 11.1 Å². The zero-order valence-electron chi connectivity index (χ0n) is 20.6. The number of benzene rings is 2. The number of nitrogens with zero attached hydrogens (tertiary/aromatic N) is 1. The van der Waals surface area contributed by atoms with Gasteiger partial charge in [0.05, 0.1) is 11.8 Å². The molecule has 2 amide bonds. The highest BCUT2D eigenvalue weighted by Crippen LogP contribution is 2.64. The molecular weight excluding hydrogens is 440 g/mol. The average molecular weight is 473 g/mol. The predicted octanol–water partition coefficient (Wildman–Crippen LogP) is 5.26. The molecule has 0 bridgehead atoms. The number of fused-ring (bicyclic) bond motifs is 1. The summed E-state index contributed by atoms with van der Waals surface area (Å²) in [6.07, 6.45) is 2.20. The summed E-state index contributed by atoms with van der Waals surface area (Å²) in [7, 11) is 0. The van der Waals surface area contributed by atoms with Crippen molar-refractivity contribution < 1.29 is 14.3 Å². The third kappa shape index (κ3) is 4.43. The highest BCUT2D eigenvalue weighted by Gasteiger charge is 2.58. The number of carbonyl (C=O) groups excluding carboxylic acids is 2. The third-order valence-electron chi connectivity index (χ3n) is 7.29. The monoisotopic (exact) mass is 472 g/mol. The number of nitrogens with one attached hydrogen (secondary N) is 3. The molecule has 2 aromatic carbocycles. The Labute approximate surface area is 205 Å². The average Bonchev–Trinajstić information content (AvgIpc) is 3.39. The van der Waals surface area contributed by atoms with E-state index in [2.05, 4.69) is 33.0 Å². The number of aryl methyl sites for hydroxylation is 2. The summed E-state index contributed by atoms with van der Waals surface area (Å²) in [6.45, 7) is 7.55. The molecule has 7 nitrogen and oxygen atoms in total. The van der Waals surface area contributed by atoms with E-state index in [-0.39, 0.29) is 23.3 Å². The summed E-state index contributed by atoms with van der Waals surface area (Å²) in [6, 6.07) is 15.3. The number of H-pyrrole nitrogens is 1. The van der Waals surface area contributed by atoms with Crippen LogP contribution in [-0.4, -0.2) is 34.3 Å². The molecule has 182 valence electrons. The molecule has 1 unspecified atom stereocenters. The van der Waals surface area contributed by atoms with E-state index < -0.39 is 12.1 Å². The number of ether oxygens (including phenoxy) is 1. The first-order chi connectivity index (χ1) is 16.8. The summed E-state index contributed by atoms with van der Waals surface area (Å²) in [5.74, 6) is -0.323. The highest BCUT2D eigenvalue weighted by molar-refractivity contribution is 5.98. The van der Waals surface area contributed by atoms with Crippen LogP contribution in [0.4, 0.5) is 10.5 Å². The van der Waals surface area contributed by atoms with Gasteiger partial charge in [0.2, 0.25) is 5.91 Å². The van der Waals surface area contributed by atoms with E-state index >= 15 is 0 Å². The molecule has 0 saturated heterocycles. The molecule has 5 rings (SSSR count). The lowest BCUT2D eigenvalue weighted by atomic mass is 9.82. The molecule has 2 aliphatic carbocycles. The molecule has 1 spiro atoms. The number of alkyl carbamates (subject to hydrolysis) is 1. The predicted molar refractivity (Wildman–Crippen MR) is 135 cm³/mol. The number of anilines is 1. The summed E-state index contributed by atoms with van der Waals surface area (Å²) in [4.78, 5) is 26.3. The van der Waals surface area contributed by atoms with Crippen molar-refractivity contribution in [1.82, 2.24) is 15.5 Å². The SMILES string of the molecule is Cc1n[nH]c(C)c1-c1ccc(NC(=O)[C@@H](NC(=O)OC(C)C)C2c3ccccc3CC23CC3)cc1. The van der Waals surface area contributed by atoms with E-state index in [4.69, 9.17) is 4.74 Å². The lowest BCUT2D eigenvalue weighted by molar-refractivity contribution is -0.119. The minimum Gasteiger partial charge on any atom is -0.447 e. The lowest BCUT2D eigenvalue weighted by Gasteiger charge is -2.29. The summed E-state index contributed by atoms with van der Waals surface area (Å²) in [5.41, 5.74) is 7.15. The van der Waals surface area contributed by atoms with Crippen LogP contribution < -0.4 is 10.6 Å². The van der Waals surface area contributed by atoms with Gasteiger partial charge in [0, 0.05) is 22.9 Å². The summed E-state index contributed by atoms with van der Waals surface area (Å²) in [5, 5.41) is 13.2. The molecule has 0 radical (unpaired) electrons. The van der Waals surface area contributed by atoms with Gasteiger partial charge in [-0.05, 0) is 81.2 Å². The van der Waals surface area contributed by atoms with E-state index in [9.17, 15) is 9.59 Å². The topological polar surface area (TPSA) is 96.1 Å². The quantitative estimate of drug-likeness (QED) is 0.456. The molecule has 7 heteroatoms. The number of aromatic amines is 1. The van der Waals surface area contributed by atoms with Crippen LogP contribution >= 0.6 is 0 Å². The maximum absolute atomic E-state index is 13.7. The second kappa shape index (κ2) is 8.87. The van der Waals surface area contributed by atoms with Crippen LogP contribution in [0.1, 0.15) is 55.1 Å². The van der Waals surface area contributed by atoms with E-state index in [1.807, 2.05) is 50.2 Å². The van der Waals surface area contributed by atoms with Gasteiger partial charge in [-0.25, -0.2) is 4.79 Å². The van der Waals surface area contributed by atoms with Crippen molar-refractivity contribution in [2.75, 3.05) is 5.32 Å². The van der Waals surface area contributed by atoms with E-state index in [0.717, 1.165) is 47.3 Å². The molecule has 2 aliphatic rings. The van der Waals surface area contributed by atoms with Crippen molar-refractivity contribution in [2.24, 2.45) is 5.41 Å². The smallest absolute Gasteiger partial charge is 0.408 e. The van der Waals surface area contributed by atoms with Crippen molar-refractivity contribution in [3.8, 4) is 11.1 Å². The van der Waals surface area contributed by atoms with Crippen molar-refractivity contribution in [2.45, 2.75) is 65.0 Å². The van der Waals surface area contributed by atoms with Crippen LogP contribution in [0.2, 0.25) is 0 Å². The minimum atomic E-state index is -0.731. The van der Waals surface area contributed by atoms with Gasteiger partial charge in [-0.15, -0.1) is 0 Å². The molecule has 1 heterocycles. The lowest BCUT2D eigenvalue weighted by Crippen LogP contribution is -2.49. The van der Waals surface area contributed by atoms with Gasteiger partial charge < -0.3 is 15.4 Å². The molecule has 0 aliphatic heterocycles. The first-order valence-corrected chi connectivity index (χ1v) is 12.3. The number of hydrogen-bond acceptors (Lipinski definition) is 4. The maximum Gasteiger partial charge on any atom is 0.408 e. The first kappa shape index (κ1) is 23.1. The van der Waals surface area contributed by atoms with Gasteiger partial charge in [-0.1, -0.05) is 36.4 Å². The van der Waals surface area contributed by atoms with Crippen molar-refractivity contribution in [3.63, 3.8) is 0 Å². The fourth-order valence-electron chi connectivity index (χ4n) is 5.59. The molecule has 3 aromatic rings. The van der Waals surface area contributed by atoms with Gasteiger partial charge in [-0.3, -0.25) is 9.89 Å². The van der Waals surface area contributed by atoms with Gasteiger partial charge in [0.15, 0.2) is 0 Å². The van der Waals surface area contributed by atoms with Crippen molar-refractivity contribution in [1.29, 1.82) is 0 Å². The second-order valence-electron chi connectivity index (χ2n) is 10.2. The van der Waals surface area contributed by atoms with Gasteiger partial charge in [0.1, 0.15) is 6.04 Å². The normalized spacial score (nSPS) is 18.3. The minimum absolute atomic E-state index is 0.0248. The molecule has 1 aromatic heterocycles. The Hall–Kier alpha value is -3.61. The molecular formula is C28H32N4O3. The molecule has 35 heavy (non-hydrogen) atoms. The van der Waals surface area contributed by atoms with Gasteiger partial charge in [0.25, 0.3) is 0 Å². The zero-order chi connectivity index (χ0) is 24.7. The number of rotatable bonds is 6. The van der Waals surface area contributed by atoms with E-state index in [1.165, 1.54) is 5.56 Å². The third-order valence-corrected chi connectivity index (χ3v) is 7.29. The highest BCUT2D eigenvalue weighted by atomic mass is 16.6. The maximum atomic E-state index is 13.7. The summed E-state index contributed by atoms with van der Waals surface area (Å²) >= 11 is 0. The number of aromatic nitrogens is 2. The number of amides is 2. The van der Waals surface area contributed by atoms with Crippen molar-refractivity contribution >= 4 is 17.7 Å². The largest absolute Gasteiger partial charge is 0.447 e. The fourth-order valence-corrected chi connectivity index (χ4v) is 5.59. The Morgan fingerprint density at radius 3 is 2.43 bits per heavy atom. The Morgan fingerprint density at radius 2 is 1.80 bits per heavy atom. The van der Waals surface area contributed by atoms with Gasteiger partial charge >= 0.3 is 6.09 Å². The van der Waals surface area contributed by atoms with Crippen LogP contribution in [0.15, 0.2) is 48.5 Å². The molecule has 2 atom stereocenters. The molecule has 1 saturated carbocycles. The Morgan fingerprint density at radius 1 is 1.09 bits per heavy atom. The van der Waals surface area contributed by atoms with E-state index in [1.54, 1.807) is 13.8 Å². The summed E-state index contributed by atoms with van der Waals surface area (Å²) < 4.78 is 5.36. The zero-order valence-corrected chi connectivity index (χ0v) is 20.6. The van der Waals surface area contributed by atoms with Gasteiger partial charge in [-0.2, -0.15) is 5.10 Å². The van der Waals surface area contributed by atoms with Crippen molar-refractivity contribution in [3.05, 3.63) is 71.0 Å². The number of carbonyl (C=O) groups is 2. The van der Waals surface area contributed by atoms with Crippen LogP contribution in [0.3, 0.4) is 0 Å².